The van der Waals surface area contributed by atoms with E-state index in [1.165, 1.54) is 13.8 Å². The van der Waals surface area contributed by atoms with Crippen LogP contribution in [0.1, 0.15) is 20.3 Å². The number of allylic oxidation sites excluding steroid dienone is 2. The van der Waals surface area contributed by atoms with Crippen molar-refractivity contribution in [2.75, 3.05) is 0 Å². The lowest BCUT2D eigenvalue weighted by atomic mass is 9.84. The van der Waals surface area contributed by atoms with Gasteiger partial charge in [0.2, 0.25) is 5.41 Å². The molecule has 0 fully saturated rings. The second kappa shape index (κ2) is 4.71. The monoisotopic (exact) mass is 244 g/mol. The standard InChI is InChI=1S/C9H9F5O2/c1-5(2)3-4-8(6(10)15,7(11)16)9(12,13)14/h3H,4H2,1-2H3. The topological polar surface area (TPSA) is 34.1 Å². The van der Waals surface area contributed by atoms with Crippen LogP contribution in [0, 0.1) is 5.41 Å². The van der Waals surface area contributed by atoms with E-state index in [9.17, 15) is 31.5 Å². The van der Waals surface area contributed by atoms with Crippen LogP contribution >= 0.6 is 0 Å². The fourth-order valence-corrected chi connectivity index (χ4v) is 0.934. The van der Waals surface area contributed by atoms with Gasteiger partial charge in [-0.3, -0.25) is 9.59 Å². The normalized spacial score (nSPS) is 12.2. The summed E-state index contributed by atoms with van der Waals surface area (Å²) >= 11 is 0. The number of carbonyl (C=O) groups is 2. The van der Waals surface area contributed by atoms with E-state index in [2.05, 4.69) is 0 Å². The minimum atomic E-state index is -5.60. The van der Waals surface area contributed by atoms with Gasteiger partial charge in [0.1, 0.15) is 0 Å². The third-order valence-electron chi connectivity index (χ3n) is 1.97. The molecule has 0 bridgehead atoms. The lowest BCUT2D eigenvalue weighted by molar-refractivity contribution is -0.227. The van der Waals surface area contributed by atoms with Crippen LogP contribution in [-0.4, -0.2) is 18.3 Å². The van der Waals surface area contributed by atoms with Crippen molar-refractivity contribution < 1.29 is 31.5 Å². The Morgan fingerprint density at radius 1 is 1.06 bits per heavy atom. The fraction of sp³-hybridized carbons (Fsp3) is 0.556. The van der Waals surface area contributed by atoms with E-state index in [0.717, 1.165) is 6.08 Å². The maximum Gasteiger partial charge on any atom is 0.414 e. The quantitative estimate of drug-likeness (QED) is 0.330. The Morgan fingerprint density at radius 3 is 1.62 bits per heavy atom. The molecule has 0 aromatic carbocycles. The molecule has 0 aliphatic carbocycles. The molecule has 0 aliphatic rings. The minimum absolute atomic E-state index is 0.302. The van der Waals surface area contributed by atoms with E-state index in [1.54, 1.807) is 0 Å². The van der Waals surface area contributed by atoms with Crippen molar-refractivity contribution in [3.63, 3.8) is 0 Å². The van der Waals surface area contributed by atoms with Gasteiger partial charge in [-0.1, -0.05) is 11.6 Å². The minimum Gasteiger partial charge on any atom is -0.259 e. The molecule has 0 N–H and O–H groups in total. The summed E-state index contributed by atoms with van der Waals surface area (Å²) < 4.78 is 61.9. The van der Waals surface area contributed by atoms with E-state index >= 15 is 0 Å². The highest BCUT2D eigenvalue weighted by Gasteiger charge is 2.66. The summed E-state index contributed by atoms with van der Waals surface area (Å²) in [6.07, 6.45) is -6.19. The van der Waals surface area contributed by atoms with E-state index in [0.29, 0.717) is 5.57 Å². The molecule has 2 nitrogen and oxygen atoms in total. The van der Waals surface area contributed by atoms with Gasteiger partial charge < -0.3 is 0 Å². The van der Waals surface area contributed by atoms with Crippen LogP contribution in [0.15, 0.2) is 11.6 Å². The molecule has 92 valence electrons. The van der Waals surface area contributed by atoms with Crippen LogP contribution in [-0.2, 0) is 9.59 Å². The van der Waals surface area contributed by atoms with E-state index in [1.807, 2.05) is 0 Å². The molecule has 0 aromatic heterocycles. The second-order valence-corrected chi connectivity index (χ2v) is 3.44. The van der Waals surface area contributed by atoms with Crippen LogP contribution in [0.5, 0.6) is 0 Å². The summed E-state index contributed by atoms with van der Waals surface area (Å²) in [6, 6.07) is -6.07. The van der Waals surface area contributed by atoms with Crippen molar-refractivity contribution in [1.29, 1.82) is 0 Å². The molecule has 0 unspecified atom stereocenters. The molecule has 16 heavy (non-hydrogen) atoms. The Balaban J connectivity index is 5.56. The molecule has 0 aromatic rings. The van der Waals surface area contributed by atoms with Gasteiger partial charge in [0.15, 0.2) is 0 Å². The smallest absolute Gasteiger partial charge is 0.259 e. The van der Waals surface area contributed by atoms with Gasteiger partial charge in [-0.15, -0.1) is 0 Å². The predicted molar refractivity (Wildman–Crippen MR) is 44.8 cm³/mol. The average molecular weight is 244 g/mol. The number of halogens is 5. The maximum atomic E-state index is 12.4. The first-order chi connectivity index (χ1) is 7.05. The van der Waals surface area contributed by atoms with Crippen LogP contribution in [0.2, 0.25) is 0 Å². The Morgan fingerprint density at radius 2 is 1.44 bits per heavy atom. The Kier molecular flexibility index (Phi) is 4.34. The molecule has 0 aliphatic heterocycles. The molecule has 0 heterocycles. The number of hydrogen-bond acceptors (Lipinski definition) is 2. The summed E-state index contributed by atoms with van der Waals surface area (Å²) in [6.45, 7) is 2.74. The van der Waals surface area contributed by atoms with Crippen molar-refractivity contribution in [3.05, 3.63) is 11.6 Å². The first-order valence-corrected chi connectivity index (χ1v) is 4.15. The molecule has 0 rings (SSSR count). The van der Waals surface area contributed by atoms with Crippen LogP contribution in [0.4, 0.5) is 22.0 Å². The highest BCUT2D eigenvalue weighted by molar-refractivity contribution is 6.00. The molecule has 0 amide bonds. The van der Waals surface area contributed by atoms with Gasteiger partial charge in [0.25, 0.3) is 0 Å². The van der Waals surface area contributed by atoms with Gasteiger partial charge in [-0.2, -0.15) is 22.0 Å². The van der Waals surface area contributed by atoms with Crippen molar-refractivity contribution >= 4 is 12.1 Å². The molecular weight excluding hydrogens is 235 g/mol. The van der Waals surface area contributed by atoms with Gasteiger partial charge in [0.05, 0.1) is 0 Å². The lowest BCUT2D eigenvalue weighted by Gasteiger charge is -2.25. The highest BCUT2D eigenvalue weighted by atomic mass is 19.4. The Labute approximate surface area is 88.1 Å². The third kappa shape index (κ3) is 2.65. The van der Waals surface area contributed by atoms with Gasteiger partial charge in [0, 0.05) is 0 Å². The number of alkyl halides is 3. The van der Waals surface area contributed by atoms with Crippen LogP contribution < -0.4 is 0 Å². The molecule has 0 spiro atoms. The van der Waals surface area contributed by atoms with Gasteiger partial charge in [-0.05, 0) is 20.3 Å². The third-order valence-corrected chi connectivity index (χ3v) is 1.97. The predicted octanol–water partition coefficient (Wildman–Crippen LogP) is 2.88. The molecule has 0 saturated carbocycles. The molecule has 0 radical (unpaired) electrons. The molecule has 0 atom stereocenters. The number of hydrogen-bond donors (Lipinski definition) is 0. The lowest BCUT2D eigenvalue weighted by Crippen LogP contribution is -2.48. The van der Waals surface area contributed by atoms with Crippen LogP contribution in [0.25, 0.3) is 0 Å². The Hall–Kier alpha value is -1.27. The summed E-state index contributed by atoms with van der Waals surface area (Å²) in [4.78, 5) is 20.6. The summed E-state index contributed by atoms with van der Waals surface area (Å²) in [5.74, 6) is 0. The van der Waals surface area contributed by atoms with E-state index < -0.39 is 30.1 Å². The molecule has 0 saturated heterocycles. The number of carbonyl (C=O) groups excluding carboxylic acids is 2. The SMILES string of the molecule is CC(C)=CCC(C(=O)F)(C(=O)F)C(F)(F)F. The summed E-state index contributed by atoms with van der Waals surface area (Å²) in [7, 11) is 0. The maximum absolute atomic E-state index is 12.4. The van der Waals surface area contributed by atoms with Crippen molar-refractivity contribution in [2.24, 2.45) is 5.41 Å². The zero-order valence-electron chi connectivity index (χ0n) is 8.49. The fourth-order valence-electron chi connectivity index (χ4n) is 0.934. The van der Waals surface area contributed by atoms with Crippen LogP contribution in [0.3, 0.4) is 0 Å². The van der Waals surface area contributed by atoms with Gasteiger partial charge in [-0.25, -0.2) is 0 Å². The highest BCUT2D eigenvalue weighted by Crippen LogP contribution is 2.44. The molecular formula is C9H9F5O2. The largest absolute Gasteiger partial charge is 0.414 e. The van der Waals surface area contributed by atoms with Gasteiger partial charge >= 0.3 is 18.3 Å². The first kappa shape index (κ1) is 14.7. The van der Waals surface area contributed by atoms with Crippen molar-refractivity contribution in [2.45, 2.75) is 26.4 Å². The zero-order chi connectivity index (χ0) is 13.1. The zero-order valence-corrected chi connectivity index (χ0v) is 8.49. The average Bonchev–Trinajstić information content (AvgIpc) is 1.99. The van der Waals surface area contributed by atoms with Crippen molar-refractivity contribution in [1.82, 2.24) is 0 Å². The first-order valence-electron chi connectivity index (χ1n) is 4.15. The Bertz CT molecular complexity index is 311. The second-order valence-electron chi connectivity index (χ2n) is 3.44. The van der Waals surface area contributed by atoms with Crippen molar-refractivity contribution in [3.8, 4) is 0 Å². The van der Waals surface area contributed by atoms with E-state index in [4.69, 9.17) is 0 Å². The molecule has 7 heteroatoms. The number of rotatable bonds is 4. The summed E-state index contributed by atoms with van der Waals surface area (Å²) in [5, 5.41) is 0. The van der Waals surface area contributed by atoms with E-state index in [-0.39, 0.29) is 0 Å². The summed E-state index contributed by atoms with van der Waals surface area (Å²) in [5.41, 5.74) is -3.92.